The summed E-state index contributed by atoms with van der Waals surface area (Å²) in [6.07, 6.45) is 4.74. The first-order valence-electron chi connectivity index (χ1n) is 12.2. The topological polar surface area (TPSA) is 70.6 Å². The van der Waals surface area contributed by atoms with E-state index in [1.807, 2.05) is 18.5 Å². The monoisotopic (exact) mass is 459 g/mol. The highest BCUT2D eigenvalue weighted by molar-refractivity contribution is 5.59. The van der Waals surface area contributed by atoms with Crippen molar-refractivity contribution < 1.29 is 9.63 Å². The second-order valence-corrected chi connectivity index (χ2v) is 9.68. The summed E-state index contributed by atoms with van der Waals surface area (Å²) in [6.45, 7) is 6.11. The van der Waals surface area contributed by atoms with Gasteiger partial charge in [-0.2, -0.15) is 0 Å². The average Bonchev–Trinajstić information content (AvgIpc) is 3.34. The van der Waals surface area contributed by atoms with E-state index in [1.165, 1.54) is 0 Å². The van der Waals surface area contributed by atoms with Gasteiger partial charge in [-0.3, -0.25) is 0 Å². The van der Waals surface area contributed by atoms with Crippen molar-refractivity contribution in [3.63, 3.8) is 0 Å². The van der Waals surface area contributed by atoms with Gasteiger partial charge in [0, 0.05) is 68.1 Å². The van der Waals surface area contributed by atoms with E-state index in [2.05, 4.69) is 81.6 Å². The third kappa shape index (κ3) is 4.67. The molecular formula is C27H33N5O2. The molecule has 0 spiro atoms. The number of aliphatic hydroxyl groups excluding tert-OH is 1. The Balaban J connectivity index is 1.27. The molecule has 3 unspecified atom stereocenters. The van der Waals surface area contributed by atoms with Crippen LogP contribution in [0.25, 0.3) is 11.3 Å². The van der Waals surface area contributed by atoms with Crippen molar-refractivity contribution in [3.05, 3.63) is 59.8 Å². The minimum Gasteiger partial charge on any atom is -0.395 e. The molecule has 2 aliphatic rings. The highest BCUT2D eigenvalue weighted by Gasteiger charge is 2.54. The number of fused-ring (bicyclic) bond motifs is 1. The molecule has 5 rings (SSSR count). The number of hydrogen-bond acceptors (Lipinski definition) is 6. The SMILES string of the molecule is CCc1nccn1C(CN(C)C)c1cc(-c2ccc(C#CC3C4CN(CCO)CC34)cc2)on1. The second-order valence-electron chi connectivity index (χ2n) is 9.68. The van der Waals surface area contributed by atoms with Crippen LogP contribution in [-0.4, -0.2) is 76.5 Å². The van der Waals surface area contributed by atoms with Crippen LogP contribution < -0.4 is 0 Å². The Bertz CT molecular complexity index is 1160. The van der Waals surface area contributed by atoms with Crippen LogP contribution >= 0.6 is 0 Å². The molecule has 1 saturated heterocycles. The summed E-state index contributed by atoms with van der Waals surface area (Å²) >= 11 is 0. The molecule has 0 amide bonds. The van der Waals surface area contributed by atoms with E-state index in [-0.39, 0.29) is 12.6 Å². The van der Waals surface area contributed by atoms with Gasteiger partial charge in [0.2, 0.25) is 0 Å². The lowest BCUT2D eigenvalue weighted by atomic mass is 10.1. The van der Waals surface area contributed by atoms with Crippen LogP contribution in [0.3, 0.4) is 0 Å². The summed E-state index contributed by atoms with van der Waals surface area (Å²) in [5, 5.41) is 13.5. The number of aryl methyl sites for hydroxylation is 1. The maximum absolute atomic E-state index is 9.09. The molecule has 3 aromatic rings. The summed E-state index contributed by atoms with van der Waals surface area (Å²) in [6, 6.07) is 10.3. The predicted octanol–water partition coefficient (Wildman–Crippen LogP) is 2.77. The Morgan fingerprint density at radius 1 is 1.21 bits per heavy atom. The van der Waals surface area contributed by atoms with Gasteiger partial charge in [0.05, 0.1) is 12.6 Å². The van der Waals surface area contributed by atoms with E-state index < -0.39 is 0 Å². The van der Waals surface area contributed by atoms with Crippen LogP contribution in [-0.2, 0) is 6.42 Å². The van der Waals surface area contributed by atoms with Gasteiger partial charge in [-0.15, -0.1) is 0 Å². The van der Waals surface area contributed by atoms with Crippen LogP contribution in [0.2, 0.25) is 0 Å². The molecular weight excluding hydrogens is 426 g/mol. The number of aromatic nitrogens is 3. The zero-order chi connectivity index (χ0) is 23.7. The van der Waals surface area contributed by atoms with Gasteiger partial charge in [0.25, 0.3) is 0 Å². The first-order valence-corrected chi connectivity index (χ1v) is 12.2. The zero-order valence-corrected chi connectivity index (χ0v) is 20.2. The van der Waals surface area contributed by atoms with E-state index in [0.717, 1.165) is 61.0 Å². The molecule has 1 N–H and O–H groups in total. The minimum atomic E-state index is 0.0429. The molecule has 2 aromatic heterocycles. The Morgan fingerprint density at radius 2 is 1.97 bits per heavy atom. The van der Waals surface area contributed by atoms with E-state index in [1.54, 1.807) is 0 Å². The van der Waals surface area contributed by atoms with Crippen molar-refractivity contribution in [2.24, 2.45) is 17.8 Å². The molecule has 1 aliphatic carbocycles. The lowest BCUT2D eigenvalue weighted by Crippen LogP contribution is -2.27. The van der Waals surface area contributed by atoms with Crippen LogP contribution in [0, 0.1) is 29.6 Å². The van der Waals surface area contributed by atoms with Gasteiger partial charge in [0.1, 0.15) is 11.5 Å². The fourth-order valence-corrected chi connectivity index (χ4v) is 5.19. The quantitative estimate of drug-likeness (QED) is 0.523. The summed E-state index contributed by atoms with van der Waals surface area (Å²) in [7, 11) is 4.13. The molecule has 7 heteroatoms. The maximum atomic E-state index is 9.09. The molecule has 0 bridgehead atoms. The molecule has 0 radical (unpaired) electrons. The fraction of sp³-hybridized carbons (Fsp3) is 0.481. The smallest absolute Gasteiger partial charge is 0.167 e. The molecule has 1 aromatic carbocycles. The summed E-state index contributed by atoms with van der Waals surface area (Å²) in [5.74, 6) is 10.5. The van der Waals surface area contributed by atoms with Crippen LogP contribution in [0.4, 0.5) is 0 Å². The van der Waals surface area contributed by atoms with Crippen molar-refractivity contribution >= 4 is 0 Å². The highest BCUT2D eigenvalue weighted by atomic mass is 16.5. The van der Waals surface area contributed by atoms with E-state index in [9.17, 15) is 0 Å². The lowest BCUT2D eigenvalue weighted by molar-refractivity contribution is 0.206. The maximum Gasteiger partial charge on any atom is 0.167 e. The molecule has 3 atom stereocenters. The molecule has 178 valence electrons. The van der Waals surface area contributed by atoms with Crippen molar-refractivity contribution in [3.8, 4) is 23.2 Å². The summed E-state index contributed by atoms with van der Waals surface area (Å²) in [5.41, 5.74) is 2.92. The van der Waals surface area contributed by atoms with Crippen molar-refractivity contribution in [1.82, 2.24) is 24.5 Å². The molecule has 2 fully saturated rings. The van der Waals surface area contributed by atoms with Crippen LogP contribution in [0.15, 0.2) is 47.2 Å². The second kappa shape index (κ2) is 9.75. The first-order chi connectivity index (χ1) is 16.6. The number of hydrogen-bond donors (Lipinski definition) is 1. The van der Waals surface area contributed by atoms with Gasteiger partial charge in [-0.25, -0.2) is 4.98 Å². The molecule has 1 saturated carbocycles. The Hall–Kier alpha value is -2.92. The number of rotatable bonds is 8. The van der Waals surface area contributed by atoms with E-state index in [0.29, 0.717) is 17.8 Å². The fourth-order valence-electron chi connectivity index (χ4n) is 5.19. The number of nitrogens with zero attached hydrogens (tertiary/aromatic N) is 5. The zero-order valence-electron chi connectivity index (χ0n) is 20.2. The van der Waals surface area contributed by atoms with Crippen LogP contribution in [0.5, 0.6) is 0 Å². The van der Waals surface area contributed by atoms with Crippen LogP contribution in [0.1, 0.15) is 30.0 Å². The third-order valence-corrected chi connectivity index (χ3v) is 7.05. The summed E-state index contributed by atoms with van der Waals surface area (Å²) in [4.78, 5) is 8.99. The Kier molecular flexibility index (Phi) is 6.55. The molecule has 34 heavy (non-hydrogen) atoms. The minimum absolute atomic E-state index is 0.0429. The number of β-amino-alcohol motifs (C(OH)–C–C–N with tert-alkyl or cyclic N) is 1. The standard InChI is InChI=1S/C27H33N5O2/c1-4-27-28-11-12-32(27)25(18-30(2)3)24-15-26(34-29-24)20-8-5-19(6-9-20)7-10-21-22-16-31(13-14-33)17-23(21)22/h5-6,8-9,11-12,15,21-23,25,33H,4,13-14,16-18H2,1-3H3. The number of benzene rings is 1. The number of aliphatic hydroxyl groups is 1. The Morgan fingerprint density at radius 3 is 2.65 bits per heavy atom. The number of imidazole rings is 1. The number of likely N-dealkylation sites (tertiary alicyclic amines) is 1. The molecule has 3 heterocycles. The predicted molar refractivity (Wildman–Crippen MR) is 131 cm³/mol. The normalized spacial score (nSPS) is 22.4. The van der Waals surface area contributed by atoms with Gasteiger partial charge in [-0.1, -0.05) is 23.9 Å². The number of likely N-dealkylation sites (N-methyl/N-ethyl adjacent to an activating group) is 1. The van der Waals surface area contributed by atoms with Gasteiger partial charge >= 0.3 is 0 Å². The van der Waals surface area contributed by atoms with Crippen molar-refractivity contribution in [1.29, 1.82) is 0 Å². The Labute approximate surface area is 201 Å². The first kappa shape index (κ1) is 22.9. The van der Waals surface area contributed by atoms with Gasteiger partial charge < -0.3 is 24.0 Å². The van der Waals surface area contributed by atoms with E-state index in [4.69, 9.17) is 9.63 Å². The summed E-state index contributed by atoms with van der Waals surface area (Å²) < 4.78 is 7.94. The lowest BCUT2D eigenvalue weighted by Gasteiger charge is -2.22. The van der Waals surface area contributed by atoms with Gasteiger partial charge in [-0.05, 0) is 50.2 Å². The van der Waals surface area contributed by atoms with Crippen molar-refractivity contribution in [2.75, 3.05) is 46.9 Å². The highest BCUT2D eigenvalue weighted by Crippen LogP contribution is 2.51. The third-order valence-electron chi connectivity index (χ3n) is 7.05. The molecule has 7 nitrogen and oxygen atoms in total. The number of piperidine rings is 1. The van der Waals surface area contributed by atoms with E-state index >= 15 is 0 Å². The van der Waals surface area contributed by atoms with Crippen molar-refractivity contribution in [2.45, 2.75) is 19.4 Å². The largest absolute Gasteiger partial charge is 0.395 e. The average molecular weight is 460 g/mol. The van der Waals surface area contributed by atoms with Gasteiger partial charge in [0.15, 0.2) is 5.76 Å². The molecule has 1 aliphatic heterocycles.